The van der Waals surface area contributed by atoms with E-state index in [1.807, 2.05) is 22.8 Å². The summed E-state index contributed by atoms with van der Waals surface area (Å²) in [6, 6.07) is 0.543. The van der Waals surface area contributed by atoms with Crippen LogP contribution in [0.2, 0.25) is 0 Å². The smallest absolute Gasteiger partial charge is 0.231 e. The molecular weight excluding hydrogens is 292 g/mol. The summed E-state index contributed by atoms with van der Waals surface area (Å²) in [5.74, 6) is 0.963. The van der Waals surface area contributed by atoms with Gasteiger partial charge < -0.3 is 15.5 Å². The van der Waals surface area contributed by atoms with Gasteiger partial charge >= 0.3 is 0 Å². The summed E-state index contributed by atoms with van der Waals surface area (Å²) in [7, 11) is 1.88. The maximum absolute atomic E-state index is 12.6. The van der Waals surface area contributed by atoms with Crippen molar-refractivity contribution in [3.8, 4) is 0 Å². The van der Waals surface area contributed by atoms with Crippen LogP contribution in [0.5, 0.6) is 0 Å². The molecule has 0 radical (unpaired) electrons. The van der Waals surface area contributed by atoms with Gasteiger partial charge in [-0.05, 0) is 5.92 Å². The largest absolute Gasteiger partial charge is 0.352 e. The summed E-state index contributed by atoms with van der Waals surface area (Å²) in [5, 5.41) is 8.32. The molecular formula is C16H28N6O+2. The number of nitrogens with zero attached hydrogens (tertiary/aromatic N) is 4. The topological polar surface area (TPSA) is 83.1 Å². The van der Waals surface area contributed by atoms with E-state index in [9.17, 15) is 4.79 Å². The van der Waals surface area contributed by atoms with Gasteiger partial charge in [0.2, 0.25) is 5.91 Å². The molecule has 1 aromatic rings. The lowest BCUT2D eigenvalue weighted by molar-refractivity contribution is -0.945. The van der Waals surface area contributed by atoms with Crippen molar-refractivity contribution < 1.29 is 15.4 Å². The van der Waals surface area contributed by atoms with Crippen molar-refractivity contribution in [2.75, 3.05) is 26.7 Å². The van der Waals surface area contributed by atoms with Gasteiger partial charge in [-0.2, -0.15) is 0 Å². The number of rotatable bonds is 6. The number of hydrogen-bond acceptors (Lipinski definition) is 3. The zero-order valence-electron chi connectivity index (χ0n) is 13.9. The molecule has 4 atom stereocenters. The van der Waals surface area contributed by atoms with Crippen LogP contribution in [0.15, 0.2) is 18.9 Å². The molecule has 126 valence electrons. The van der Waals surface area contributed by atoms with Gasteiger partial charge in [0.25, 0.3) is 0 Å². The predicted octanol–water partition coefficient (Wildman–Crippen LogP) is -2.04. The molecule has 1 amide bonds. The number of likely N-dealkylation sites (N-methyl/N-ethyl adjacent to an activating group) is 1. The molecule has 3 fully saturated rings. The number of fused-ring (bicyclic) bond motifs is 3. The Labute approximate surface area is 137 Å². The van der Waals surface area contributed by atoms with Crippen molar-refractivity contribution in [3.63, 3.8) is 0 Å². The number of carbonyl (C=O) groups excluding carboxylic acids is 1. The van der Waals surface area contributed by atoms with Crippen LogP contribution in [-0.2, 0) is 17.9 Å². The van der Waals surface area contributed by atoms with Gasteiger partial charge in [0, 0.05) is 26.4 Å². The Morgan fingerprint density at radius 3 is 3.09 bits per heavy atom. The highest BCUT2D eigenvalue weighted by Gasteiger charge is 2.47. The fraction of sp³-hybridized carbons (Fsp3) is 0.688. The second kappa shape index (κ2) is 6.80. The average Bonchev–Trinajstić information content (AvgIpc) is 3.02. The summed E-state index contributed by atoms with van der Waals surface area (Å²) in [6.45, 7) is 8.04. The number of nitrogens with one attached hydrogen (secondary N) is 1. The zero-order chi connectivity index (χ0) is 16.4. The number of quaternary nitrogens is 2. The van der Waals surface area contributed by atoms with Crippen LogP contribution >= 0.6 is 0 Å². The summed E-state index contributed by atoms with van der Waals surface area (Å²) < 4.78 is 1.94. The zero-order valence-corrected chi connectivity index (χ0v) is 13.9. The van der Waals surface area contributed by atoms with Crippen LogP contribution in [0.4, 0.5) is 0 Å². The fourth-order valence-corrected chi connectivity index (χ4v) is 4.14. The van der Waals surface area contributed by atoms with Crippen LogP contribution in [0.1, 0.15) is 18.5 Å². The first-order valence-electron chi connectivity index (χ1n) is 8.51. The second-order valence-electron chi connectivity index (χ2n) is 6.89. The first-order valence-corrected chi connectivity index (χ1v) is 8.51. The van der Waals surface area contributed by atoms with Crippen LogP contribution < -0.4 is 10.6 Å². The molecule has 0 aliphatic carbocycles. The molecule has 3 saturated heterocycles. The van der Waals surface area contributed by atoms with Gasteiger partial charge in [-0.1, -0.05) is 11.3 Å². The minimum Gasteiger partial charge on any atom is -0.352 e. The Balaban J connectivity index is 1.62. The third-order valence-corrected chi connectivity index (χ3v) is 5.40. The van der Waals surface area contributed by atoms with Crippen molar-refractivity contribution >= 4 is 5.91 Å². The lowest BCUT2D eigenvalue weighted by atomic mass is 9.75. The predicted molar refractivity (Wildman–Crippen MR) is 85.1 cm³/mol. The van der Waals surface area contributed by atoms with Crippen molar-refractivity contribution in [1.82, 2.24) is 19.9 Å². The molecule has 7 nitrogen and oxygen atoms in total. The molecule has 4 N–H and O–H groups in total. The molecule has 3 aliphatic rings. The standard InChI is InChI=1S/C16H26N6O/c1-3-5-20(2)16(23)15-11-21-6-4-12(15)7-14(21)10-22-9-13(8-17)18-19-22/h3,9,12,14-15H,1,4-8,10-11,17H2,2H3/p+2/t12-,14-,15+/m1/s1. The minimum atomic E-state index is 0.172. The Morgan fingerprint density at radius 1 is 1.65 bits per heavy atom. The number of piperidine rings is 3. The number of amides is 1. The molecule has 0 saturated carbocycles. The lowest BCUT2D eigenvalue weighted by Crippen LogP contribution is -3.20. The number of aromatic nitrogens is 3. The van der Waals surface area contributed by atoms with Crippen LogP contribution in [0, 0.1) is 11.8 Å². The Kier molecular flexibility index (Phi) is 4.77. The first kappa shape index (κ1) is 16.1. The van der Waals surface area contributed by atoms with Gasteiger partial charge in [0.05, 0.1) is 31.7 Å². The van der Waals surface area contributed by atoms with Gasteiger partial charge in [-0.25, -0.2) is 4.68 Å². The van der Waals surface area contributed by atoms with Gasteiger partial charge in [-0.3, -0.25) is 4.79 Å². The quantitative estimate of drug-likeness (QED) is 0.592. The van der Waals surface area contributed by atoms with Crippen LogP contribution in [0.3, 0.4) is 0 Å². The van der Waals surface area contributed by atoms with E-state index in [4.69, 9.17) is 0 Å². The minimum absolute atomic E-state index is 0.172. The van der Waals surface area contributed by atoms with Crippen molar-refractivity contribution in [1.29, 1.82) is 0 Å². The molecule has 1 aromatic heterocycles. The molecule has 3 aliphatic heterocycles. The van der Waals surface area contributed by atoms with Crippen LogP contribution in [0.25, 0.3) is 0 Å². The van der Waals surface area contributed by atoms with Gasteiger partial charge in [0.15, 0.2) is 0 Å². The lowest BCUT2D eigenvalue weighted by Gasteiger charge is -2.46. The van der Waals surface area contributed by atoms with Gasteiger partial charge in [-0.15, -0.1) is 11.7 Å². The summed E-state index contributed by atoms with van der Waals surface area (Å²) in [4.78, 5) is 16.0. The molecule has 2 bridgehead atoms. The van der Waals surface area contributed by atoms with Crippen LogP contribution in [-0.4, -0.2) is 58.5 Å². The van der Waals surface area contributed by atoms with E-state index < -0.39 is 0 Å². The Bertz CT molecular complexity index is 571. The molecule has 0 aromatic carbocycles. The molecule has 1 unspecified atom stereocenters. The van der Waals surface area contributed by atoms with E-state index in [1.165, 1.54) is 6.54 Å². The van der Waals surface area contributed by atoms with Crippen molar-refractivity contribution in [3.05, 3.63) is 24.5 Å². The molecule has 7 heteroatoms. The molecule has 4 heterocycles. The second-order valence-corrected chi connectivity index (χ2v) is 6.89. The number of hydrogen-bond donors (Lipinski definition) is 2. The fourth-order valence-electron chi connectivity index (χ4n) is 4.14. The average molecular weight is 320 g/mol. The summed E-state index contributed by atoms with van der Waals surface area (Å²) in [5.41, 5.74) is 4.78. The van der Waals surface area contributed by atoms with E-state index in [-0.39, 0.29) is 11.8 Å². The SMILES string of the molecule is C=CCN(C)C(=O)[C@H]1C[NH+]2CC[C@@H]1C[C@@H]2Cn1cc(C[NH3+])nn1. The van der Waals surface area contributed by atoms with E-state index in [2.05, 4.69) is 22.6 Å². The van der Waals surface area contributed by atoms with E-state index in [1.54, 1.807) is 11.0 Å². The maximum atomic E-state index is 12.6. The molecule has 0 spiro atoms. The van der Waals surface area contributed by atoms with Gasteiger partial charge in [0.1, 0.15) is 18.3 Å². The highest BCUT2D eigenvalue weighted by atomic mass is 16.2. The van der Waals surface area contributed by atoms with E-state index in [0.717, 1.165) is 31.6 Å². The first-order chi connectivity index (χ1) is 11.1. The third kappa shape index (κ3) is 3.30. The Hall–Kier alpha value is -1.73. The molecule has 23 heavy (non-hydrogen) atoms. The monoisotopic (exact) mass is 320 g/mol. The third-order valence-electron chi connectivity index (χ3n) is 5.40. The Morgan fingerprint density at radius 2 is 2.48 bits per heavy atom. The summed E-state index contributed by atoms with van der Waals surface area (Å²) in [6.07, 6.45) is 6.05. The van der Waals surface area contributed by atoms with Crippen molar-refractivity contribution in [2.45, 2.75) is 32.0 Å². The maximum Gasteiger partial charge on any atom is 0.231 e. The summed E-state index contributed by atoms with van der Waals surface area (Å²) >= 11 is 0. The normalized spacial score (nSPS) is 29.5. The highest BCUT2D eigenvalue weighted by molar-refractivity contribution is 5.79. The number of carbonyl (C=O) groups is 1. The highest BCUT2D eigenvalue weighted by Crippen LogP contribution is 2.28. The van der Waals surface area contributed by atoms with E-state index >= 15 is 0 Å². The van der Waals surface area contributed by atoms with Crippen molar-refractivity contribution in [2.24, 2.45) is 11.8 Å². The van der Waals surface area contributed by atoms with E-state index in [0.29, 0.717) is 25.0 Å². The molecule has 4 rings (SSSR count).